The maximum Gasteiger partial charge on any atom is 0.253 e. The molecule has 98 valence electrons. The Bertz CT molecular complexity index is 531. The maximum atomic E-state index is 12.3. The first-order valence-electron chi connectivity index (χ1n) is 6.29. The van der Waals surface area contributed by atoms with E-state index >= 15 is 0 Å². The van der Waals surface area contributed by atoms with E-state index in [1.807, 2.05) is 35.2 Å². The molecule has 0 bridgehead atoms. The number of nitrogens with zero attached hydrogens (tertiary/aromatic N) is 4. The van der Waals surface area contributed by atoms with Crippen LogP contribution in [0.1, 0.15) is 10.4 Å². The van der Waals surface area contributed by atoms with Crippen LogP contribution in [0.15, 0.2) is 36.7 Å². The van der Waals surface area contributed by atoms with Crippen molar-refractivity contribution >= 4 is 11.9 Å². The number of carbonyl (C=O) groups excluding carboxylic acids is 1. The summed E-state index contributed by atoms with van der Waals surface area (Å²) in [6.45, 7) is 2.95. The number of carbonyl (C=O) groups is 1. The summed E-state index contributed by atoms with van der Waals surface area (Å²) < 4.78 is 0. The fourth-order valence-corrected chi connectivity index (χ4v) is 2.24. The van der Waals surface area contributed by atoms with Crippen LogP contribution in [0, 0.1) is 0 Å². The molecule has 1 aliphatic rings. The van der Waals surface area contributed by atoms with Crippen LogP contribution in [-0.4, -0.2) is 52.2 Å². The van der Waals surface area contributed by atoms with E-state index in [-0.39, 0.29) is 5.91 Å². The highest BCUT2D eigenvalue weighted by Crippen LogP contribution is 2.12. The van der Waals surface area contributed by atoms with E-state index in [0.29, 0.717) is 13.1 Å². The van der Waals surface area contributed by atoms with Crippen LogP contribution < -0.4 is 4.90 Å². The first-order chi connectivity index (χ1) is 9.34. The smallest absolute Gasteiger partial charge is 0.253 e. The number of nitrogens with one attached hydrogen (secondary N) is 1. The molecule has 6 heteroatoms. The van der Waals surface area contributed by atoms with Crippen molar-refractivity contribution in [2.24, 2.45) is 0 Å². The highest BCUT2D eigenvalue weighted by Gasteiger charge is 2.23. The number of amides is 1. The second kappa shape index (κ2) is 5.09. The molecule has 2 heterocycles. The third-order valence-corrected chi connectivity index (χ3v) is 3.29. The molecule has 19 heavy (non-hydrogen) atoms. The predicted octanol–water partition coefficient (Wildman–Crippen LogP) is 0.767. The van der Waals surface area contributed by atoms with E-state index in [9.17, 15) is 4.79 Å². The first-order valence-corrected chi connectivity index (χ1v) is 6.29. The van der Waals surface area contributed by atoms with Crippen LogP contribution in [0.25, 0.3) is 0 Å². The average molecular weight is 257 g/mol. The monoisotopic (exact) mass is 257 g/mol. The van der Waals surface area contributed by atoms with E-state index in [1.165, 1.54) is 6.33 Å². The van der Waals surface area contributed by atoms with Crippen molar-refractivity contribution in [1.82, 2.24) is 20.1 Å². The Kier molecular flexibility index (Phi) is 3.14. The van der Waals surface area contributed by atoms with E-state index in [4.69, 9.17) is 0 Å². The fraction of sp³-hybridized carbons (Fsp3) is 0.308. The molecule has 1 fully saturated rings. The Balaban J connectivity index is 1.63. The van der Waals surface area contributed by atoms with Gasteiger partial charge in [0, 0.05) is 31.7 Å². The summed E-state index contributed by atoms with van der Waals surface area (Å²) in [5.74, 6) is 0.865. The minimum atomic E-state index is 0.0952. The SMILES string of the molecule is O=C(c1ccccc1)N1CCN(c2ncn[nH]2)CC1. The molecule has 0 aliphatic carbocycles. The molecule has 1 N–H and O–H groups in total. The van der Waals surface area contributed by atoms with Gasteiger partial charge in [-0.2, -0.15) is 10.1 Å². The Morgan fingerprint density at radius 2 is 1.84 bits per heavy atom. The third-order valence-electron chi connectivity index (χ3n) is 3.29. The lowest BCUT2D eigenvalue weighted by molar-refractivity contribution is 0.0746. The number of hydrogen-bond acceptors (Lipinski definition) is 4. The normalized spacial score (nSPS) is 15.6. The molecule has 1 aliphatic heterocycles. The van der Waals surface area contributed by atoms with Gasteiger partial charge in [0.1, 0.15) is 6.33 Å². The number of aromatic amines is 1. The molecule has 1 saturated heterocycles. The summed E-state index contributed by atoms with van der Waals surface area (Å²) in [5.41, 5.74) is 0.746. The molecule has 1 amide bonds. The predicted molar refractivity (Wildman–Crippen MR) is 70.9 cm³/mol. The van der Waals surface area contributed by atoms with Crippen LogP contribution >= 0.6 is 0 Å². The number of piperazine rings is 1. The Morgan fingerprint density at radius 3 is 2.47 bits per heavy atom. The minimum Gasteiger partial charge on any atom is -0.338 e. The zero-order valence-corrected chi connectivity index (χ0v) is 10.5. The molecule has 0 saturated carbocycles. The first kappa shape index (κ1) is 11.7. The topological polar surface area (TPSA) is 65.1 Å². The van der Waals surface area contributed by atoms with Crippen molar-refractivity contribution in [1.29, 1.82) is 0 Å². The van der Waals surface area contributed by atoms with Gasteiger partial charge in [-0.05, 0) is 12.1 Å². The molecule has 0 atom stereocenters. The molecule has 0 spiro atoms. The minimum absolute atomic E-state index is 0.0952. The standard InChI is InChI=1S/C13H15N5O/c19-12(11-4-2-1-3-5-11)17-6-8-18(9-7-17)13-14-10-15-16-13/h1-5,10H,6-9H2,(H,14,15,16). The zero-order valence-electron chi connectivity index (χ0n) is 10.5. The Labute approximate surface area is 111 Å². The summed E-state index contributed by atoms with van der Waals surface area (Å²) in [6.07, 6.45) is 1.50. The van der Waals surface area contributed by atoms with E-state index in [2.05, 4.69) is 20.1 Å². The van der Waals surface area contributed by atoms with Crippen molar-refractivity contribution in [3.8, 4) is 0 Å². The van der Waals surface area contributed by atoms with Crippen LogP contribution in [0.2, 0.25) is 0 Å². The summed E-state index contributed by atoms with van der Waals surface area (Å²) in [4.78, 5) is 20.4. The highest BCUT2D eigenvalue weighted by molar-refractivity contribution is 5.94. The molecular formula is C13H15N5O. The van der Waals surface area contributed by atoms with Gasteiger partial charge < -0.3 is 9.80 Å². The van der Waals surface area contributed by atoms with E-state index < -0.39 is 0 Å². The van der Waals surface area contributed by atoms with Gasteiger partial charge in [0.15, 0.2) is 0 Å². The van der Waals surface area contributed by atoms with Gasteiger partial charge in [0.25, 0.3) is 5.91 Å². The van der Waals surface area contributed by atoms with E-state index in [1.54, 1.807) is 0 Å². The van der Waals surface area contributed by atoms with Gasteiger partial charge in [-0.25, -0.2) is 5.10 Å². The molecule has 6 nitrogen and oxygen atoms in total. The Morgan fingerprint density at radius 1 is 1.11 bits per heavy atom. The van der Waals surface area contributed by atoms with Gasteiger partial charge in [0.2, 0.25) is 5.95 Å². The fourth-order valence-electron chi connectivity index (χ4n) is 2.24. The number of hydrogen-bond donors (Lipinski definition) is 1. The number of benzene rings is 1. The highest BCUT2D eigenvalue weighted by atomic mass is 16.2. The molecule has 2 aromatic rings. The van der Waals surface area contributed by atoms with Gasteiger partial charge in [-0.1, -0.05) is 18.2 Å². The van der Waals surface area contributed by atoms with Gasteiger partial charge in [0.05, 0.1) is 0 Å². The molecule has 0 unspecified atom stereocenters. The largest absolute Gasteiger partial charge is 0.338 e. The summed E-state index contributed by atoms with van der Waals surface area (Å²) in [6, 6.07) is 9.39. The van der Waals surface area contributed by atoms with Crippen molar-refractivity contribution in [3.63, 3.8) is 0 Å². The number of anilines is 1. The van der Waals surface area contributed by atoms with Gasteiger partial charge >= 0.3 is 0 Å². The maximum absolute atomic E-state index is 12.3. The van der Waals surface area contributed by atoms with Crippen molar-refractivity contribution in [3.05, 3.63) is 42.2 Å². The molecule has 0 radical (unpaired) electrons. The van der Waals surface area contributed by atoms with Gasteiger partial charge in [-0.15, -0.1) is 0 Å². The lowest BCUT2D eigenvalue weighted by Gasteiger charge is -2.34. The third kappa shape index (κ3) is 2.42. The quantitative estimate of drug-likeness (QED) is 0.863. The van der Waals surface area contributed by atoms with Crippen molar-refractivity contribution in [2.75, 3.05) is 31.1 Å². The molecule has 1 aromatic heterocycles. The molecule has 1 aromatic carbocycles. The number of H-pyrrole nitrogens is 1. The number of rotatable bonds is 2. The van der Waals surface area contributed by atoms with Gasteiger partial charge in [-0.3, -0.25) is 4.79 Å². The number of aromatic nitrogens is 3. The zero-order chi connectivity index (χ0) is 13.1. The second-order valence-electron chi connectivity index (χ2n) is 4.45. The van der Waals surface area contributed by atoms with Crippen molar-refractivity contribution < 1.29 is 4.79 Å². The van der Waals surface area contributed by atoms with Crippen LogP contribution in [-0.2, 0) is 0 Å². The lowest BCUT2D eigenvalue weighted by Crippen LogP contribution is -2.49. The van der Waals surface area contributed by atoms with E-state index in [0.717, 1.165) is 24.6 Å². The van der Waals surface area contributed by atoms with Crippen LogP contribution in [0.5, 0.6) is 0 Å². The summed E-state index contributed by atoms with van der Waals surface area (Å²) >= 11 is 0. The van der Waals surface area contributed by atoms with Crippen LogP contribution in [0.4, 0.5) is 5.95 Å². The second-order valence-corrected chi connectivity index (χ2v) is 4.45. The molecular weight excluding hydrogens is 242 g/mol. The molecule has 3 rings (SSSR count). The lowest BCUT2D eigenvalue weighted by atomic mass is 10.2. The summed E-state index contributed by atoms with van der Waals surface area (Å²) in [7, 11) is 0. The van der Waals surface area contributed by atoms with Crippen LogP contribution in [0.3, 0.4) is 0 Å². The average Bonchev–Trinajstić information content (AvgIpc) is 3.02. The Hall–Kier alpha value is -2.37. The summed E-state index contributed by atoms with van der Waals surface area (Å²) in [5, 5.41) is 6.68. The van der Waals surface area contributed by atoms with Crippen molar-refractivity contribution in [2.45, 2.75) is 0 Å².